The molecule has 0 bridgehead atoms. The van der Waals surface area contributed by atoms with Gasteiger partial charge in [0.15, 0.2) is 5.82 Å². The number of carbonyl (C=O) groups excluding carboxylic acids is 1. The lowest BCUT2D eigenvalue weighted by molar-refractivity contribution is -0.108. The van der Waals surface area contributed by atoms with E-state index in [2.05, 4.69) is 4.72 Å². The van der Waals surface area contributed by atoms with Gasteiger partial charge in [-0.3, -0.25) is 0 Å². The summed E-state index contributed by atoms with van der Waals surface area (Å²) in [6.45, 7) is -0.238. The van der Waals surface area contributed by atoms with Crippen LogP contribution in [0.1, 0.15) is 37.7 Å². The van der Waals surface area contributed by atoms with Gasteiger partial charge in [0.05, 0.1) is 12.6 Å². The van der Waals surface area contributed by atoms with Gasteiger partial charge in [-0.1, -0.05) is 32.1 Å². The molecule has 0 radical (unpaired) electrons. The molecule has 1 saturated heterocycles. The van der Waals surface area contributed by atoms with E-state index in [1.165, 1.54) is 31.4 Å². The number of hydrogen-bond donors (Lipinski definition) is 2. The number of nitrogens with zero attached hydrogens (tertiary/aromatic N) is 1. The monoisotopic (exact) mass is 356 g/mol. The fourth-order valence-corrected chi connectivity index (χ4v) is 5.00. The van der Waals surface area contributed by atoms with E-state index in [4.69, 9.17) is 0 Å². The van der Waals surface area contributed by atoms with E-state index in [0.717, 1.165) is 12.8 Å². The first-order valence-electron chi connectivity index (χ1n) is 8.17. The zero-order valence-corrected chi connectivity index (χ0v) is 14.1. The first kappa shape index (κ1) is 17.2. The lowest BCUT2D eigenvalue weighted by atomic mass is 9.85. The first-order valence-corrected chi connectivity index (χ1v) is 9.61. The molecule has 24 heavy (non-hydrogen) atoms. The Labute approximate surface area is 140 Å². The molecule has 1 saturated carbocycles. The molecule has 0 aromatic heterocycles. The van der Waals surface area contributed by atoms with Gasteiger partial charge in [-0.25, -0.2) is 8.70 Å². The lowest BCUT2D eigenvalue weighted by Gasteiger charge is -2.23. The summed E-state index contributed by atoms with van der Waals surface area (Å²) in [6.07, 6.45) is 6.87. The van der Waals surface area contributed by atoms with Crippen molar-refractivity contribution in [1.29, 1.82) is 0 Å². The van der Waals surface area contributed by atoms with E-state index in [1.54, 1.807) is 0 Å². The minimum absolute atomic E-state index is 0.238. The Morgan fingerprint density at radius 3 is 2.58 bits per heavy atom. The first-order chi connectivity index (χ1) is 11.4. The largest absolute Gasteiger partial charge is 0.506 e. The number of aromatic hydroxyl groups is 1. The van der Waals surface area contributed by atoms with Crippen LogP contribution in [0.5, 0.6) is 5.75 Å². The van der Waals surface area contributed by atoms with Crippen molar-refractivity contribution in [2.75, 3.05) is 10.8 Å². The molecule has 1 heterocycles. The molecular formula is C16H21FN2O4S. The fraction of sp³-hybridized carbons (Fsp3) is 0.562. The Bertz CT molecular complexity index is 709. The van der Waals surface area contributed by atoms with Crippen molar-refractivity contribution in [2.24, 2.45) is 5.92 Å². The minimum Gasteiger partial charge on any atom is -0.506 e. The van der Waals surface area contributed by atoms with Gasteiger partial charge >= 0.3 is 10.2 Å². The van der Waals surface area contributed by atoms with Crippen molar-refractivity contribution in [1.82, 2.24) is 4.72 Å². The molecule has 1 atom stereocenters. The van der Waals surface area contributed by atoms with Crippen molar-refractivity contribution in [2.45, 2.75) is 44.6 Å². The molecule has 1 aliphatic carbocycles. The van der Waals surface area contributed by atoms with E-state index >= 15 is 0 Å². The van der Waals surface area contributed by atoms with Crippen molar-refractivity contribution in [3.05, 3.63) is 23.5 Å². The molecule has 0 spiro atoms. The predicted molar refractivity (Wildman–Crippen MR) is 87.6 cm³/mol. The highest BCUT2D eigenvalue weighted by Crippen LogP contribution is 2.36. The Morgan fingerprint density at radius 1 is 1.29 bits per heavy atom. The van der Waals surface area contributed by atoms with Crippen LogP contribution in [0.2, 0.25) is 0 Å². The minimum atomic E-state index is -4.03. The van der Waals surface area contributed by atoms with E-state index < -0.39 is 33.5 Å². The number of carbonyl (C=O) groups is 1. The zero-order chi connectivity index (χ0) is 17.3. The zero-order valence-electron chi connectivity index (χ0n) is 13.2. The summed E-state index contributed by atoms with van der Waals surface area (Å²) >= 11 is 0. The summed E-state index contributed by atoms with van der Waals surface area (Å²) < 4.78 is 41.4. The van der Waals surface area contributed by atoms with E-state index in [9.17, 15) is 22.7 Å². The van der Waals surface area contributed by atoms with Crippen LogP contribution in [0.25, 0.3) is 0 Å². The van der Waals surface area contributed by atoms with Gasteiger partial charge in [0.25, 0.3) is 0 Å². The van der Waals surface area contributed by atoms with Crippen LogP contribution < -0.4 is 9.03 Å². The standard InChI is InChI=1S/C16H21FN2O4S/c17-14-7-12(6-11-4-2-1-3-5-11)8-15(21)16(14)19-9-13(10-20)18-24(19,22)23/h7-8,10-11,13,18,21H,1-6,9H2. The molecule has 2 fully saturated rings. The highest BCUT2D eigenvalue weighted by Gasteiger charge is 2.38. The predicted octanol–water partition coefficient (Wildman–Crippen LogP) is 1.88. The number of aldehydes is 1. The molecular weight excluding hydrogens is 335 g/mol. The Morgan fingerprint density at radius 2 is 2.00 bits per heavy atom. The number of phenols is 1. The second kappa shape index (κ2) is 6.68. The summed E-state index contributed by atoms with van der Waals surface area (Å²) in [5.74, 6) is -0.740. The summed E-state index contributed by atoms with van der Waals surface area (Å²) in [5, 5.41) is 10.2. The number of phenolic OH excluding ortho intramolecular Hbond substituents is 1. The van der Waals surface area contributed by atoms with E-state index in [0.29, 0.717) is 28.5 Å². The molecule has 6 nitrogen and oxygen atoms in total. The van der Waals surface area contributed by atoms with Gasteiger partial charge in [0.2, 0.25) is 0 Å². The Balaban J connectivity index is 1.86. The Hall–Kier alpha value is -1.67. The van der Waals surface area contributed by atoms with Crippen LogP contribution in [0.3, 0.4) is 0 Å². The van der Waals surface area contributed by atoms with Crippen LogP contribution in [0, 0.1) is 11.7 Å². The molecule has 1 unspecified atom stereocenters. The lowest BCUT2D eigenvalue weighted by Crippen LogP contribution is -2.31. The third-order valence-electron chi connectivity index (χ3n) is 4.72. The fourth-order valence-electron chi connectivity index (χ4n) is 3.58. The normalized spacial score (nSPS) is 24.2. The highest BCUT2D eigenvalue weighted by atomic mass is 32.2. The quantitative estimate of drug-likeness (QED) is 0.807. The molecule has 1 aliphatic heterocycles. The summed E-state index contributed by atoms with van der Waals surface area (Å²) in [5.41, 5.74) is 0.261. The number of halogens is 1. The maximum absolute atomic E-state index is 14.5. The molecule has 1 aromatic rings. The van der Waals surface area contributed by atoms with Gasteiger partial charge in [-0.15, -0.1) is 0 Å². The molecule has 0 amide bonds. The summed E-state index contributed by atoms with van der Waals surface area (Å²) in [7, 11) is -4.03. The van der Waals surface area contributed by atoms with Crippen LogP contribution >= 0.6 is 0 Å². The van der Waals surface area contributed by atoms with Crippen LogP contribution in [0.15, 0.2) is 12.1 Å². The average molecular weight is 356 g/mol. The second-order valence-corrected chi connectivity index (χ2v) is 8.18. The molecule has 2 aliphatic rings. The number of nitrogens with one attached hydrogen (secondary N) is 1. The second-order valence-electron chi connectivity index (χ2n) is 6.55. The molecule has 2 N–H and O–H groups in total. The van der Waals surface area contributed by atoms with Gasteiger partial charge in [-0.2, -0.15) is 13.1 Å². The summed E-state index contributed by atoms with van der Waals surface area (Å²) in [4.78, 5) is 10.8. The van der Waals surface area contributed by atoms with Gasteiger partial charge in [0.1, 0.15) is 17.7 Å². The van der Waals surface area contributed by atoms with E-state index in [-0.39, 0.29) is 6.54 Å². The van der Waals surface area contributed by atoms with Crippen molar-refractivity contribution >= 4 is 22.2 Å². The van der Waals surface area contributed by atoms with Gasteiger partial charge < -0.3 is 9.90 Å². The van der Waals surface area contributed by atoms with Crippen LogP contribution in [-0.4, -0.2) is 32.4 Å². The van der Waals surface area contributed by atoms with Gasteiger partial charge in [0, 0.05) is 0 Å². The molecule has 132 valence electrons. The third kappa shape index (κ3) is 3.39. The van der Waals surface area contributed by atoms with Gasteiger partial charge in [-0.05, 0) is 30.0 Å². The number of hydrogen-bond acceptors (Lipinski definition) is 4. The van der Waals surface area contributed by atoms with Crippen LogP contribution in [-0.2, 0) is 21.4 Å². The molecule has 8 heteroatoms. The average Bonchev–Trinajstić information content (AvgIpc) is 2.83. The van der Waals surface area contributed by atoms with Crippen LogP contribution in [0.4, 0.5) is 10.1 Å². The summed E-state index contributed by atoms with van der Waals surface area (Å²) in [6, 6.07) is 1.76. The maximum atomic E-state index is 14.5. The number of benzene rings is 1. The van der Waals surface area contributed by atoms with E-state index in [1.807, 2.05) is 0 Å². The molecule has 3 rings (SSSR count). The smallest absolute Gasteiger partial charge is 0.302 e. The van der Waals surface area contributed by atoms with Crippen molar-refractivity contribution < 1.29 is 22.7 Å². The topological polar surface area (TPSA) is 86.7 Å². The number of anilines is 1. The Kier molecular flexibility index (Phi) is 4.78. The maximum Gasteiger partial charge on any atom is 0.302 e. The SMILES string of the molecule is O=CC1CN(c2c(O)cc(CC3CCCCC3)cc2F)S(=O)(=O)N1. The third-order valence-corrected chi connectivity index (χ3v) is 6.23. The molecule has 1 aromatic carbocycles. The highest BCUT2D eigenvalue weighted by molar-refractivity contribution is 7.91. The number of rotatable bonds is 4. The van der Waals surface area contributed by atoms with Crippen molar-refractivity contribution in [3.63, 3.8) is 0 Å². The van der Waals surface area contributed by atoms with Crippen molar-refractivity contribution in [3.8, 4) is 5.75 Å².